The van der Waals surface area contributed by atoms with Crippen LogP contribution in [0.1, 0.15) is 24.8 Å². The van der Waals surface area contributed by atoms with Crippen molar-refractivity contribution < 1.29 is 13.2 Å². The van der Waals surface area contributed by atoms with Gasteiger partial charge in [0.1, 0.15) is 10.8 Å². The van der Waals surface area contributed by atoms with E-state index in [0.717, 1.165) is 17.8 Å². The molecule has 0 atom stereocenters. The molecule has 0 radical (unpaired) electrons. The second-order valence-electron chi connectivity index (χ2n) is 4.37. The summed E-state index contributed by atoms with van der Waals surface area (Å²) in [7, 11) is -3.44. The fourth-order valence-corrected chi connectivity index (χ4v) is 4.02. The molecule has 0 aliphatic heterocycles. The van der Waals surface area contributed by atoms with Gasteiger partial charge in [-0.05, 0) is 18.6 Å². The van der Waals surface area contributed by atoms with E-state index in [-0.39, 0.29) is 16.6 Å². The Hall–Kier alpha value is -1.80. The highest BCUT2D eigenvalue weighted by Gasteiger charge is 2.18. The van der Waals surface area contributed by atoms with Gasteiger partial charge in [0.25, 0.3) is 0 Å². The van der Waals surface area contributed by atoms with E-state index in [1.807, 2.05) is 6.92 Å². The molecule has 0 fully saturated rings. The van der Waals surface area contributed by atoms with Crippen LogP contribution in [0.4, 0.5) is 5.13 Å². The molecule has 1 aromatic carbocycles. The van der Waals surface area contributed by atoms with Gasteiger partial charge < -0.3 is 5.32 Å². The predicted molar refractivity (Wildman–Crippen MR) is 80.8 cm³/mol. The third-order valence-corrected chi connectivity index (χ3v) is 5.27. The van der Waals surface area contributed by atoms with Crippen LogP contribution in [0.5, 0.6) is 0 Å². The van der Waals surface area contributed by atoms with Gasteiger partial charge in [-0.1, -0.05) is 36.5 Å². The Morgan fingerprint density at radius 2 is 1.95 bits per heavy atom. The first kappa shape index (κ1) is 15.6. The Labute approximate surface area is 127 Å². The van der Waals surface area contributed by atoms with E-state index in [9.17, 15) is 13.2 Å². The first-order valence-electron chi connectivity index (χ1n) is 6.41. The van der Waals surface area contributed by atoms with Gasteiger partial charge in [-0.2, -0.15) is 0 Å². The first-order valence-corrected chi connectivity index (χ1v) is 8.88. The maximum Gasteiger partial charge on any atom is 0.226 e. The van der Waals surface area contributed by atoms with Crippen LogP contribution in [-0.4, -0.2) is 24.5 Å². The number of aromatic nitrogens is 2. The highest BCUT2D eigenvalue weighted by molar-refractivity contribution is 7.90. The molecule has 0 bridgehead atoms. The Morgan fingerprint density at radius 1 is 1.24 bits per heavy atom. The number of sulfone groups is 1. The molecule has 2 rings (SSSR count). The van der Waals surface area contributed by atoms with Crippen molar-refractivity contribution >= 4 is 32.2 Å². The van der Waals surface area contributed by atoms with Crippen LogP contribution in [0.3, 0.4) is 0 Å². The van der Waals surface area contributed by atoms with E-state index in [4.69, 9.17) is 0 Å². The minimum Gasteiger partial charge on any atom is -0.301 e. The summed E-state index contributed by atoms with van der Waals surface area (Å²) < 4.78 is 24.4. The van der Waals surface area contributed by atoms with Gasteiger partial charge in [0.2, 0.25) is 11.0 Å². The third-order valence-electron chi connectivity index (χ3n) is 2.61. The fraction of sp³-hybridized carbons (Fsp3) is 0.308. The lowest BCUT2D eigenvalue weighted by Crippen LogP contribution is -2.10. The summed E-state index contributed by atoms with van der Waals surface area (Å²) in [6.07, 6.45) is 1.14. The van der Waals surface area contributed by atoms with Crippen molar-refractivity contribution in [3.05, 3.63) is 35.3 Å². The lowest BCUT2D eigenvalue weighted by atomic mass is 10.3. The molecule has 2 aromatic rings. The van der Waals surface area contributed by atoms with Crippen LogP contribution in [0, 0.1) is 0 Å². The molecule has 0 aliphatic rings. The zero-order valence-corrected chi connectivity index (χ0v) is 13.1. The lowest BCUT2D eigenvalue weighted by Gasteiger charge is -2.00. The van der Waals surface area contributed by atoms with Gasteiger partial charge in [0.15, 0.2) is 9.84 Å². The van der Waals surface area contributed by atoms with Gasteiger partial charge in [-0.3, -0.25) is 4.79 Å². The second kappa shape index (κ2) is 6.77. The quantitative estimate of drug-likeness (QED) is 0.880. The maximum absolute atomic E-state index is 12.2. The molecule has 6 nitrogen and oxygen atoms in total. The SMILES string of the molecule is CCCC(=O)Nc1nnc(CS(=O)(=O)c2ccccc2)s1. The summed E-state index contributed by atoms with van der Waals surface area (Å²) in [4.78, 5) is 11.7. The predicted octanol–water partition coefficient (Wildman–Crippen LogP) is 2.25. The van der Waals surface area contributed by atoms with E-state index < -0.39 is 9.84 Å². The number of rotatable bonds is 6. The number of benzene rings is 1. The van der Waals surface area contributed by atoms with E-state index in [2.05, 4.69) is 15.5 Å². The molecular weight excluding hydrogens is 310 g/mol. The summed E-state index contributed by atoms with van der Waals surface area (Å²) in [5.74, 6) is -0.371. The minimum atomic E-state index is -3.44. The van der Waals surface area contributed by atoms with Crippen molar-refractivity contribution in [1.29, 1.82) is 0 Å². The average Bonchev–Trinajstić information content (AvgIpc) is 2.86. The van der Waals surface area contributed by atoms with Gasteiger partial charge in [0.05, 0.1) is 4.90 Å². The molecule has 21 heavy (non-hydrogen) atoms. The molecule has 0 spiro atoms. The maximum atomic E-state index is 12.2. The van der Waals surface area contributed by atoms with E-state index in [1.165, 1.54) is 0 Å². The van der Waals surface area contributed by atoms with Crippen LogP contribution in [-0.2, 0) is 20.4 Å². The summed E-state index contributed by atoms with van der Waals surface area (Å²) in [6, 6.07) is 8.18. The normalized spacial score (nSPS) is 11.3. The molecule has 1 aromatic heterocycles. The second-order valence-corrected chi connectivity index (χ2v) is 7.42. The van der Waals surface area contributed by atoms with Crippen molar-refractivity contribution in [2.24, 2.45) is 0 Å². The number of amides is 1. The molecule has 0 unspecified atom stereocenters. The zero-order chi connectivity index (χ0) is 15.3. The number of nitrogens with zero attached hydrogens (tertiary/aromatic N) is 2. The zero-order valence-electron chi connectivity index (χ0n) is 11.4. The molecule has 1 N–H and O–H groups in total. The van der Waals surface area contributed by atoms with Crippen LogP contribution in [0.25, 0.3) is 0 Å². The number of hydrogen-bond donors (Lipinski definition) is 1. The van der Waals surface area contributed by atoms with Crippen molar-refractivity contribution in [3.8, 4) is 0 Å². The standard InChI is InChI=1S/C13H15N3O3S2/c1-2-6-11(17)14-13-16-15-12(20-13)9-21(18,19)10-7-4-3-5-8-10/h3-5,7-8H,2,6,9H2,1H3,(H,14,16,17). The largest absolute Gasteiger partial charge is 0.301 e. The van der Waals surface area contributed by atoms with Crippen LogP contribution in [0.15, 0.2) is 35.2 Å². The van der Waals surface area contributed by atoms with Gasteiger partial charge >= 0.3 is 0 Å². The Morgan fingerprint density at radius 3 is 2.62 bits per heavy atom. The summed E-state index contributed by atoms with van der Waals surface area (Å²) in [5.41, 5.74) is 0. The highest BCUT2D eigenvalue weighted by Crippen LogP contribution is 2.21. The molecule has 1 amide bonds. The number of carbonyl (C=O) groups excluding carboxylic acids is 1. The van der Waals surface area contributed by atoms with E-state index in [0.29, 0.717) is 16.6 Å². The van der Waals surface area contributed by atoms with Crippen LogP contribution >= 0.6 is 11.3 Å². The molecule has 112 valence electrons. The molecular formula is C13H15N3O3S2. The lowest BCUT2D eigenvalue weighted by molar-refractivity contribution is -0.116. The third kappa shape index (κ3) is 4.33. The minimum absolute atomic E-state index is 0.147. The molecule has 1 heterocycles. The first-order chi connectivity index (χ1) is 10.0. The van der Waals surface area contributed by atoms with Crippen molar-refractivity contribution in [2.75, 3.05) is 5.32 Å². The highest BCUT2D eigenvalue weighted by atomic mass is 32.2. The Balaban J connectivity index is 2.07. The molecule has 0 saturated carbocycles. The average molecular weight is 325 g/mol. The van der Waals surface area contributed by atoms with E-state index in [1.54, 1.807) is 30.3 Å². The van der Waals surface area contributed by atoms with Crippen LogP contribution in [0.2, 0.25) is 0 Å². The number of nitrogens with one attached hydrogen (secondary N) is 1. The van der Waals surface area contributed by atoms with Crippen LogP contribution < -0.4 is 5.32 Å². The van der Waals surface area contributed by atoms with Crippen molar-refractivity contribution in [1.82, 2.24) is 10.2 Å². The number of hydrogen-bond acceptors (Lipinski definition) is 6. The Kier molecular flexibility index (Phi) is 5.03. The number of carbonyl (C=O) groups is 1. The molecule has 8 heteroatoms. The summed E-state index contributed by atoms with van der Waals surface area (Å²) in [5, 5.41) is 10.9. The smallest absolute Gasteiger partial charge is 0.226 e. The molecule has 0 aliphatic carbocycles. The van der Waals surface area contributed by atoms with E-state index >= 15 is 0 Å². The van der Waals surface area contributed by atoms with Crippen molar-refractivity contribution in [3.63, 3.8) is 0 Å². The monoisotopic (exact) mass is 325 g/mol. The summed E-state index contributed by atoms with van der Waals surface area (Å²) >= 11 is 1.08. The fourth-order valence-electron chi connectivity index (χ4n) is 1.64. The van der Waals surface area contributed by atoms with Gasteiger partial charge in [-0.25, -0.2) is 8.42 Å². The van der Waals surface area contributed by atoms with Crippen molar-refractivity contribution in [2.45, 2.75) is 30.4 Å². The van der Waals surface area contributed by atoms with Gasteiger partial charge in [-0.15, -0.1) is 10.2 Å². The Bertz CT molecular complexity index is 711. The molecule has 0 saturated heterocycles. The topological polar surface area (TPSA) is 89.0 Å². The number of anilines is 1. The van der Waals surface area contributed by atoms with Gasteiger partial charge in [0, 0.05) is 6.42 Å². The summed E-state index contributed by atoms with van der Waals surface area (Å²) in [6.45, 7) is 1.90.